The molecule has 0 spiro atoms. The van der Waals surface area contributed by atoms with Crippen LogP contribution in [0.4, 0.5) is 13.2 Å². The van der Waals surface area contributed by atoms with E-state index in [-0.39, 0.29) is 16.8 Å². The topological polar surface area (TPSA) is 86.7 Å². The first-order valence-electron chi connectivity index (χ1n) is 6.70. The largest absolute Gasteiger partial charge is 0.416 e. The van der Waals surface area contributed by atoms with Gasteiger partial charge in [-0.2, -0.15) is 28.5 Å². The minimum Gasteiger partial charge on any atom is -0.364 e. The number of primary amides is 1. The smallest absolute Gasteiger partial charge is 0.364 e. The van der Waals surface area contributed by atoms with E-state index in [4.69, 9.17) is 5.73 Å². The molecular formula is C15H10F3N5O. The first-order chi connectivity index (χ1) is 11.4. The Morgan fingerprint density at radius 1 is 1.17 bits per heavy atom. The maximum absolute atomic E-state index is 12.9. The first kappa shape index (κ1) is 15.7. The van der Waals surface area contributed by atoms with Gasteiger partial charge in [-0.25, -0.2) is 4.68 Å². The molecule has 24 heavy (non-hydrogen) atoms. The van der Waals surface area contributed by atoms with Crippen molar-refractivity contribution in [2.45, 2.75) is 6.18 Å². The lowest BCUT2D eigenvalue weighted by molar-refractivity contribution is -0.137. The molecule has 2 heterocycles. The molecule has 122 valence electrons. The van der Waals surface area contributed by atoms with Crippen molar-refractivity contribution in [3.05, 3.63) is 60.2 Å². The van der Waals surface area contributed by atoms with E-state index >= 15 is 0 Å². The number of rotatable bonds is 3. The first-order valence-corrected chi connectivity index (χ1v) is 6.70. The molecule has 0 aliphatic heterocycles. The van der Waals surface area contributed by atoms with Gasteiger partial charge in [-0.1, -0.05) is 12.1 Å². The molecule has 0 unspecified atom stereocenters. The van der Waals surface area contributed by atoms with Crippen LogP contribution in [0.1, 0.15) is 16.1 Å². The zero-order valence-electron chi connectivity index (χ0n) is 12.0. The number of amides is 1. The summed E-state index contributed by atoms with van der Waals surface area (Å²) < 4.78 is 40.0. The van der Waals surface area contributed by atoms with Gasteiger partial charge in [-0.3, -0.25) is 4.79 Å². The van der Waals surface area contributed by atoms with Gasteiger partial charge in [0.15, 0.2) is 5.69 Å². The third-order valence-electron chi connectivity index (χ3n) is 3.28. The van der Waals surface area contributed by atoms with Gasteiger partial charge in [0.2, 0.25) is 0 Å². The van der Waals surface area contributed by atoms with Gasteiger partial charge in [0.1, 0.15) is 0 Å². The summed E-state index contributed by atoms with van der Waals surface area (Å²) in [4.78, 5) is 11.6. The fraction of sp³-hybridized carbons (Fsp3) is 0.0667. The van der Waals surface area contributed by atoms with Crippen LogP contribution in [0.5, 0.6) is 0 Å². The Balaban J connectivity index is 2.14. The fourth-order valence-electron chi connectivity index (χ4n) is 2.18. The van der Waals surface area contributed by atoms with Crippen LogP contribution >= 0.6 is 0 Å². The molecule has 3 rings (SSSR count). The number of alkyl halides is 3. The maximum Gasteiger partial charge on any atom is 0.416 e. The summed E-state index contributed by atoms with van der Waals surface area (Å²) in [6.45, 7) is 0. The third-order valence-corrected chi connectivity index (χ3v) is 3.28. The summed E-state index contributed by atoms with van der Waals surface area (Å²) in [7, 11) is 0. The van der Waals surface area contributed by atoms with Gasteiger partial charge >= 0.3 is 6.18 Å². The minimum absolute atomic E-state index is 0.133. The lowest BCUT2D eigenvalue weighted by atomic mass is 10.0. The second kappa shape index (κ2) is 5.76. The molecule has 0 saturated heterocycles. The molecule has 0 bridgehead atoms. The van der Waals surface area contributed by atoms with E-state index in [1.807, 2.05) is 0 Å². The van der Waals surface area contributed by atoms with Gasteiger partial charge in [0, 0.05) is 11.8 Å². The Morgan fingerprint density at radius 2 is 1.96 bits per heavy atom. The van der Waals surface area contributed by atoms with Crippen molar-refractivity contribution in [1.29, 1.82) is 0 Å². The number of carbonyl (C=O) groups excluding carboxylic acids is 1. The summed E-state index contributed by atoms with van der Waals surface area (Å²) in [5.41, 5.74) is 5.22. The van der Waals surface area contributed by atoms with Crippen molar-refractivity contribution in [1.82, 2.24) is 20.0 Å². The van der Waals surface area contributed by atoms with E-state index in [9.17, 15) is 18.0 Å². The van der Waals surface area contributed by atoms with Crippen molar-refractivity contribution in [2.75, 3.05) is 0 Å². The highest BCUT2D eigenvalue weighted by Crippen LogP contribution is 2.33. The number of aromatic nitrogens is 4. The van der Waals surface area contributed by atoms with Crippen LogP contribution in [-0.4, -0.2) is 25.9 Å². The van der Waals surface area contributed by atoms with E-state index in [1.54, 1.807) is 6.07 Å². The maximum atomic E-state index is 12.9. The van der Waals surface area contributed by atoms with Crippen LogP contribution in [0, 0.1) is 0 Å². The molecule has 6 nitrogen and oxygen atoms in total. The molecule has 0 aliphatic rings. The van der Waals surface area contributed by atoms with Gasteiger partial charge in [-0.05, 0) is 23.8 Å². The van der Waals surface area contributed by atoms with Crippen LogP contribution < -0.4 is 5.73 Å². The van der Waals surface area contributed by atoms with Crippen molar-refractivity contribution in [3.63, 3.8) is 0 Å². The van der Waals surface area contributed by atoms with Crippen LogP contribution in [0.25, 0.3) is 16.8 Å². The number of nitrogens with zero attached hydrogens (tertiary/aromatic N) is 4. The summed E-state index contributed by atoms with van der Waals surface area (Å²) in [5.74, 6) is -0.844. The zero-order chi connectivity index (χ0) is 17.3. The SMILES string of the molecule is NC(=O)c1nn(-c2ccnnc2)cc1-c1cccc(C(F)(F)F)c1. The van der Waals surface area contributed by atoms with E-state index in [0.717, 1.165) is 12.1 Å². The highest BCUT2D eigenvalue weighted by Gasteiger charge is 2.31. The molecular weight excluding hydrogens is 323 g/mol. The van der Waals surface area contributed by atoms with Crippen LogP contribution in [0.3, 0.4) is 0 Å². The molecule has 0 saturated carbocycles. The second-order valence-electron chi connectivity index (χ2n) is 4.88. The molecule has 0 atom stereocenters. The summed E-state index contributed by atoms with van der Waals surface area (Å²) >= 11 is 0. The number of nitrogens with two attached hydrogens (primary N) is 1. The second-order valence-corrected chi connectivity index (χ2v) is 4.88. The molecule has 0 radical (unpaired) electrons. The van der Waals surface area contributed by atoms with E-state index in [2.05, 4.69) is 15.3 Å². The molecule has 9 heteroatoms. The Morgan fingerprint density at radius 3 is 2.58 bits per heavy atom. The Hall–Kier alpha value is -3.23. The van der Waals surface area contributed by atoms with Gasteiger partial charge in [-0.15, -0.1) is 0 Å². The highest BCUT2D eigenvalue weighted by molar-refractivity contribution is 5.98. The molecule has 1 amide bonds. The normalized spacial score (nSPS) is 11.5. The van der Waals surface area contributed by atoms with Gasteiger partial charge in [0.05, 0.1) is 23.6 Å². The Bertz CT molecular complexity index is 890. The third kappa shape index (κ3) is 2.96. The predicted octanol–water partition coefficient (Wildman–Crippen LogP) is 2.45. The summed E-state index contributed by atoms with van der Waals surface area (Å²) in [5, 5.41) is 11.4. The minimum atomic E-state index is -4.49. The zero-order valence-corrected chi connectivity index (χ0v) is 12.0. The fourth-order valence-corrected chi connectivity index (χ4v) is 2.18. The van der Waals surface area contributed by atoms with Gasteiger partial charge in [0.25, 0.3) is 5.91 Å². The van der Waals surface area contributed by atoms with Crippen LogP contribution in [0.15, 0.2) is 48.9 Å². The van der Waals surface area contributed by atoms with Crippen LogP contribution in [-0.2, 0) is 6.18 Å². The average Bonchev–Trinajstić information content (AvgIpc) is 3.01. The van der Waals surface area contributed by atoms with Crippen molar-refractivity contribution < 1.29 is 18.0 Å². The standard InChI is InChI=1S/C15H10F3N5O/c16-15(17,18)10-3-1-2-9(6-10)12-8-23(22-13(12)14(19)24)11-4-5-20-21-7-11/h1-8H,(H2,19,24). The van der Waals surface area contributed by atoms with E-state index in [0.29, 0.717) is 5.69 Å². The summed E-state index contributed by atoms with van der Waals surface area (Å²) in [6.07, 6.45) is -0.251. The van der Waals surface area contributed by atoms with Crippen LogP contribution in [0.2, 0.25) is 0 Å². The molecule has 2 aromatic heterocycles. The molecule has 1 aromatic carbocycles. The Labute approximate surface area is 133 Å². The average molecular weight is 333 g/mol. The number of hydrogen-bond acceptors (Lipinski definition) is 4. The van der Waals surface area contributed by atoms with Crippen molar-refractivity contribution >= 4 is 5.91 Å². The quantitative estimate of drug-likeness (QED) is 0.797. The summed E-state index contributed by atoms with van der Waals surface area (Å²) in [6, 6.07) is 6.19. The number of carbonyl (C=O) groups is 1. The molecule has 3 aromatic rings. The van der Waals surface area contributed by atoms with Gasteiger partial charge < -0.3 is 5.73 Å². The highest BCUT2D eigenvalue weighted by atomic mass is 19.4. The van der Waals surface area contributed by atoms with E-state index < -0.39 is 17.6 Å². The monoisotopic (exact) mass is 333 g/mol. The lowest BCUT2D eigenvalue weighted by Crippen LogP contribution is -2.13. The van der Waals surface area contributed by atoms with E-state index in [1.165, 1.54) is 35.4 Å². The number of halogens is 3. The Kier molecular flexibility index (Phi) is 3.76. The predicted molar refractivity (Wildman–Crippen MR) is 78.1 cm³/mol. The van der Waals surface area contributed by atoms with Crippen molar-refractivity contribution in [3.8, 4) is 16.8 Å². The lowest BCUT2D eigenvalue weighted by Gasteiger charge is -2.08. The molecule has 0 aliphatic carbocycles. The molecule has 2 N–H and O–H groups in total. The molecule has 0 fully saturated rings. The van der Waals surface area contributed by atoms with Crippen molar-refractivity contribution in [2.24, 2.45) is 5.73 Å². The number of hydrogen-bond donors (Lipinski definition) is 1. The number of benzene rings is 1.